The molecule has 2 rings (SSSR count). The lowest BCUT2D eigenvalue weighted by Crippen LogP contribution is -2.45. The molecule has 0 saturated heterocycles. The summed E-state index contributed by atoms with van der Waals surface area (Å²) in [4.78, 5) is 48.3. The molecule has 1 atom stereocenters. The number of rotatable bonds is 7. The lowest BCUT2D eigenvalue weighted by molar-refractivity contribution is -0.150. The first kappa shape index (κ1) is 21.4. The predicted octanol–water partition coefficient (Wildman–Crippen LogP) is 1.61. The molecule has 8 nitrogen and oxygen atoms in total. The van der Waals surface area contributed by atoms with Gasteiger partial charge in [-0.05, 0) is 31.9 Å². The van der Waals surface area contributed by atoms with Gasteiger partial charge < -0.3 is 20.7 Å². The molecule has 0 heterocycles. The molecule has 1 fully saturated rings. The molecule has 28 heavy (non-hydrogen) atoms. The van der Waals surface area contributed by atoms with Crippen molar-refractivity contribution in [2.24, 2.45) is 5.41 Å². The van der Waals surface area contributed by atoms with Crippen molar-refractivity contribution < 1.29 is 23.9 Å². The van der Waals surface area contributed by atoms with E-state index in [4.69, 9.17) is 4.74 Å². The minimum Gasteiger partial charge on any atom is -0.454 e. The van der Waals surface area contributed by atoms with E-state index >= 15 is 0 Å². The zero-order valence-electron chi connectivity index (χ0n) is 16.6. The van der Waals surface area contributed by atoms with E-state index in [-0.39, 0.29) is 17.9 Å². The fourth-order valence-electron chi connectivity index (χ4n) is 2.20. The highest BCUT2D eigenvalue weighted by Crippen LogP contribution is 2.21. The second kappa shape index (κ2) is 8.86. The topological polar surface area (TPSA) is 114 Å². The molecule has 0 unspecified atom stereocenters. The monoisotopic (exact) mass is 389 g/mol. The van der Waals surface area contributed by atoms with Gasteiger partial charge in [0.25, 0.3) is 11.8 Å². The number of ether oxygens (including phenoxy) is 1. The number of esters is 1. The van der Waals surface area contributed by atoms with Crippen molar-refractivity contribution in [1.82, 2.24) is 10.6 Å². The predicted molar refractivity (Wildman–Crippen MR) is 104 cm³/mol. The van der Waals surface area contributed by atoms with E-state index in [1.807, 2.05) is 0 Å². The SMILES string of the molecule is C[C@@H](NC(=O)C(C)(C)C)C(=O)OCC(=O)Nc1ccccc1C(=O)NC1CC1. The van der Waals surface area contributed by atoms with Crippen molar-refractivity contribution in [3.05, 3.63) is 29.8 Å². The standard InChI is InChI=1S/C20H27N3O5/c1-12(21-19(27)20(2,3)4)18(26)28-11-16(24)23-15-8-6-5-7-14(15)17(25)22-13-9-10-13/h5-8,12-13H,9-11H2,1-4H3,(H,21,27)(H,22,25)(H,23,24)/t12-/m1/s1. The average Bonchev–Trinajstić information content (AvgIpc) is 3.43. The molecule has 1 aromatic rings. The third-order valence-electron chi connectivity index (χ3n) is 4.09. The highest BCUT2D eigenvalue weighted by atomic mass is 16.5. The van der Waals surface area contributed by atoms with Crippen LogP contribution in [0.25, 0.3) is 0 Å². The first-order valence-corrected chi connectivity index (χ1v) is 9.25. The second-order valence-electron chi connectivity index (χ2n) is 7.89. The van der Waals surface area contributed by atoms with Gasteiger partial charge in [0.05, 0.1) is 11.3 Å². The lowest BCUT2D eigenvalue weighted by atomic mass is 9.95. The molecule has 1 aromatic carbocycles. The van der Waals surface area contributed by atoms with E-state index in [0.29, 0.717) is 11.3 Å². The van der Waals surface area contributed by atoms with Crippen molar-refractivity contribution in [1.29, 1.82) is 0 Å². The maximum absolute atomic E-state index is 12.2. The number of amides is 3. The van der Waals surface area contributed by atoms with Gasteiger partial charge in [0.15, 0.2) is 6.61 Å². The van der Waals surface area contributed by atoms with Crippen LogP contribution in [-0.2, 0) is 19.1 Å². The Morgan fingerprint density at radius 1 is 1.14 bits per heavy atom. The van der Waals surface area contributed by atoms with Crippen molar-refractivity contribution in [2.75, 3.05) is 11.9 Å². The number of hydrogen-bond donors (Lipinski definition) is 3. The molecule has 8 heteroatoms. The van der Waals surface area contributed by atoms with E-state index in [0.717, 1.165) is 12.8 Å². The van der Waals surface area contributed by atoms with Gasteiger partial charge in [-0.25, -0.2) is 4.79 Å². The van der Waals surface area contributed by atoms with Gasteiger partial charge in [-0.3, -0.25) is 14.4 Å². The number of carbonyl (C=O) groups is 4. The number of para-hydroxylation sites is 1. The van der Waals surface area contributed by atoms with Gasteiger partial charge >= 0.3 is 5.97 Å². The third-order valence-corrected chi connectivity index (χ3v) is 4.09. The van der Waals surface area contributed by atoms with Crippen LogP contribution in [0.1, 0.15) is 50.9 Å². The second-order valence-corrected chi connectivity index (χ2v) is 7.89. The summed E-state index contributed by atoms with van der Waals surface area (Å²) in [7, 11) is 0. The van der Waals surface area contributed by atoms with E-state index < -0.39 is 29.9 Å². The number of nitrogens with one attached hydrogen (secondary N) is 3. The maximum atomic E-state index is 12.2. The summed E-state index contributed by atoms with van der Waals surface area (Å²) < 4.78 is 4.96. The Hall–Kier alpha value is -2.90. The fourth-order valence-corrected chi connectivity index (χ4v) is 2.20. The summed E-state index contributed by atoms with van der Waals surface area (Å²) in [5.41, 5.74) is 0.0482. The number of hydrogen-bond acceptors (Lipinski definition) is 5. The first-order chi connectivity index (χ1) is 13.1. The molecule has 152 valence electrons. The van der Waals surface area contributed by atoms with Gasteiger partial charge in [0.1, 0.15) is 6.04 Å². The molecule has 0 spiro atoms. The first-order valence-electron chi connectivity index (χ1n) is 9.25. The molecular weight excluding hydrogens is 362 g/mol. The van der Waals surface area contributed by atoms with Crippen LogP contribution in [0.15, 0.2) is 24.3 Å². The molecular formula is C20H27N3O5. The summed E-state index contributed by atoms with van der Waals surface area (Å²) in [6, 6.07) is 5.94. The summed E-state index contributed by atoms with van der Waals surface area (Å²) in [6.07, 6.45) is 1.92. The normalized spacial score (nSPS) is 14.6. The van der Waals surface area contributed by atoms with Crippen LogP contribution in [0.3, 0.4) is 0 Å². The van der Waals surface area contributed by atoms with Crippen LogP contribution in [-0.4, -0.2) is 42.4 Å². The highest BCUT2D eigenvalue weighted by Gasteiger charge is 2.27. The Morgan fingerprint density at radius 3 is 2.39 bits per heavy atom. The maximum Gasteiger partial charge on any atom is 0.328 e. The van der Waals surface area contributed by atoms with Crippen molar-refractivity contribution in [3.63, 3.8) is 0 Å². The smallest absolute Gasteiger partial charge is 0.328 e. The Balaban J connectivity index is 1.86. The van der Waals surface area contributed by atoms with Crippen LogP contribution in [0.2, 0.25) is 0 Å². The van der Waals surface area contributed by atoms with Crippen molar-refractivity contribution in [2.45, 2.75) is 52.6 Å². The van der Waals surface area contributed by atoms with Gasteiger partial charge in [0, 0.05) is 11.5 Å². The highest BCUT2D eigenvalue weighted by molar-refractivity contribution is 6.04. The molecule has 0 radical (unpaired) electrons. The number of anilines is 1. The van der Waals surface area contributed by atoms with E-state index in [1.54, 1.807) is 45.0 Å². The minimum atomic E-state index is -0.879. The number of carbonyl (C=O) groups excluding carboxylic acids is 4. The lowest BCUT2D eigenvalue weighted by Gasteiger charge is -2.21. The molecule has 0 aliphatic heterocycles. The Labute approximate surface area is 164 Å². The van der Waals surface area contributed by atoms with E-state index in [9.17, 15) is 19.2 Å². The van der Waals surface area contributed by atoms with Crippen LogP contribution in [0, 0.1) is 5.41 Å². The molecule has 3 amide bonds. The van der Waals surface area contributed by atoms with E-state index in [2.05, 4.69) is 16.0 Å². The zero-order chi connectivity index (χ0) is 20.9. The third kappa shape index (κ3) is 6.37. The van der Waals surface area contributed by atoms with Gasteiger partial charge in [0.2, 0.25) is 5.91 Å². The summed E-state index contributed by atoms with van der Waals surface area (Å²) in [6.45, 7) is 6.15. The van der Waals surface area contributed by atoms with Crippen molar-refractivity contribution >= 4 is 29.4 Å². The summed E-state index contributed by atoms with van der Waals surface area (Å²) in [5, 5.41) is 7.99. The molecule has 1 saturated carbocycles. The van der Waals surface area contributed by atoms with Gasteiger partial charge in [-0.1, -0.05) is 32.9 Å². The number of benzene rings is 1. The molecule has 3 N–H and O–H groups in total. The summed E-state index contributed by atoms with van der Waals surface area (Å²) in [5.74, 6) is -1.84. The molecule has 1 aliphatic rings. The van der Waals surface area contributed by atoms with Gasteiger partial charge in [-0.15, -0.1) is 0 Å². The van der Waals surface area contributed by atoms with E-state index in [1.165, 1.54) is 6.92 Å². The Morgan fingerprint density at radius 2 is 1.79 bits per heavy atom. The van der Waals surface area contributed by atoms with Crippen LogP contribution < -0.4 is 16.0 Å². The van der Waals surface area contributed by atoms with Crippen LogP contribution >= 0.6 is 0 Å². The molecule has 0 aromatic heterocycles. The van der Waals surface area contributed by atoms with Crippen molar-refractivity contribution in [3.8, 4) is 0 Å². The van der Waals surface area contributed by atoms with Crippen LogP contribution in [0.5, 0.6) is 0 Å². The Bertz CT molecular complexity index is 765. The fraction of sp³-hybridized carbons (Fsp3) is 0.500. The van der Waals surface area contributed by atoms with Gasteiger partial charge in [-0.2, -0.15) is 0 Å². The largest absolute Gasteiger partial charge is 0.454 e. The van der Waals surface area contributed by atoms with Crippen LogP contribution in [0.4, 0.5) is 5.69 Å². The minimum absolute atomic E-state index is 0.196. The molecule has 0 bridgehead atoms. The zero-order valence-corrected chi connectivity index (χ0v) is 16.6. The Kier molecular flexibility index (Phi) is 6.77. The summed E-state index contributed by atoms with van der Waals surface area (Å²) >= 11 is 0. The molecule has 1 aliphatic carbocycles. The average molecular weight is 389 g/mol. The quantitative estimate of drug-likeness (QED) is 0.613.